The van der Waals surface area contributed by atoms with Crippen LogP contribution in [0.4, 0.5) is 0 Å². The second-order valence-electron chi connectivity index (χ2n) is 7.35. The molecule has 3 atom stereocenters. The maximum Gasteiger partial charge on any atom is 0.338 e. The Labute approximate surface area is 140 Å². The van der Waals surface area contributed by atoms with Crippen LogP contribution in [0.1, 0.15) is 62.7 Å². The highest BCUT2D eigenvalue weighted by molar-refractivity contribution is 5.89. The van der Waals surface area contributed by atoms with Gasteiger partial charge in [-0.2, -0.15) is 0 Å². The molecule has 23 heavy (non-hydrogen) atoms. The molecule has 1 aliphatic heterocycles. The molecule has 1 saturated carbocycles. The van der Waals surface area contributed by atoms with Crippen molar-refractivity contribution in [2.75, 3.05) is 13.1 Å². The highest BCUT2D eigenvalue weighted by Crippen LogP contribution is 2.47. The van der Waals surface area contributed by atoms with Gasteiger partial charge in [0.25, 0.3) is 0 Å². The molecule has 0 amide bonds. The summed E-state index contributed by atoms with van der Waals surface area (Å²) in [7, 11) is 0. The van der Waals surface area contributed by atoms with Gasteiger partial charge in [0.05, 0.1) is 5.56 Å². The fourth-order valence-electron chi connectivity index (χ4n) is 4.64. The first-order valence-corrected chi connectivity index (χ1v) is 9.15. The predicted octanol–water partition coefficient (Wildman–Crippen LogP) is 4.28. The molecular weight excluding hydrogens is 286 g/mol. The average molecular weight is 315 g/mol. The standard InChI is InChI=1S/C20H29NO2/c1-3-14-21-15-8-13-20(2)17(21)11-7-12-18(20)23-19(22)16-9-5-4-6-10-16/h4-6,9-10,17-18H,3,7-8,11-15H2,1-2H3/t17-,18+,20+/m1/s1. The van der Waals surface area contributed by atoms with Crippen LogP contribution in [0, 0.1) is 5.41 Å². The number of rotatable bonds is 4. The zero-order chi connectivity index (χ0) is 16.3. The van der Waals surface area contributed by atoms with Gasteiger partial charge in [0.2, 0.25) is 0 Å². The topological polar surface area (TPSA) is 29.5 Å². The van der Waals surface area contributed by atoms with Crippen LogP contribution in [0.15, 0.2) is 30.3 Å². The number of carbonyl (C=O) groups excluding carboxylic acids is 1. The van der Waals surface area contributed by atoms with Crippen molar-refractivity contribution in [2.24, 2.45) is 5.41 Å². The fraction of sp³-hybridized carbons (Fsp3) is 0.650. The molecule has 2 fully saturated rings. The van der Waals surface area contributed by atoms with Gasteiger partial charge >= 0.3 is 5.97 Å². The Morgan fingerprint density at radius 3 is 2.78 bits per heavy atom. The van der Waals surface area contributed by atoms with E-state index in [4.69, 9.17) is 4.74 Å². The zero-order valence-corrected chi connectivity index (χ0v) is 14.5. The predicted molar refractivity (Wildman–Crippen MR) is 92.5 cm³/mol. The van der Waals surface area contributed by atoms with E-state index in [2.05, 4.69) is 18.7 Å². The number of nitrogens with zero attached hydrogens (tertiary/aromatic N) is 1. The van der Waals surface area contributed by atoms with Crippen molar-refractivity contribution in [1.29, 1.82) is 0 Å². The van der Waals surface area contributed by atoms with Crippen molar-refractivity contribution in [2.45, 2.75) is 64.5 Å². The summed E-state index contributed by atoms with van der Waals surface area (Å²) in [5, 5.41) is 0. The van der Waals surface area contributed by atoms with E-state index in [1.807, 2.05) is 30.3 Å². The quantitative estimate of drug-likeness (QED) is 0.777. The fourth-order valence-corrected chi connectivity index (χ4v) is 4.64. The minimum absolute atomic E-state index is 0.0496. The van der Waals surface area contributed by atoms with E-state index in [1.54, 1.807) is 0 Å². The second-order valence-corrected chi connectivity index (χ2v) is 7.35. The molecule has 0 unspecified atom stereocenters. The molecule has 1 aliphatic carbocycles. The molecule has 3 heteroatoms. The van der Waals surface area contributed by atoms with Crippen molar-refractivity contribution in [3.05, 3.63) is 35.9 Å². The van der Waals surface area contributed by atoms with E-state index in [-0.39, 0.29) is 17.5 Å². The molecule has 1 saturated heterocycles. The summed E-state index contributed by atoms with van der Waals surface area (Å²) >= 11 is 0. The summed E-state index contributed by atoms with van der Waals surface area (Å²) < 4.78 is 6.01. The van der Waals surface area contributed by atoms with Crippen LogP contribution in [-0.4, -0.2) is 36.1 Å². The first-order chi connectivity index (χ1) is 11.1. The van der Waals surface area contributed by atoms with Gasteiger partial charge in [-0.25, -0.2) is 4.79 Å². The van der Waals surface area contributed by atoms with Gasteiger partial charge in [0, 0.05) is 11.5 Å². The molecule has 1 heterocycles. The van der Waals surface area contributed by atoms with Crippen LogP contribution in [0.5, 0.6) is 0 Å². The average Bonchev–Trinajstić information content (AvgIpc) is 2.57. The van der Waals surface area contributed by atoms with Crippen molar-refractivity contribution < 1.29 is 9.53 Å². The van der Waals surface area contributed by atoms with Gasteiger partial charge in [-0.15, -0.1) is 0 Å². The zero-order valence-electron chi connectivity index (χ0n) is 14.5. The minimum atomic E-state index is -0.162. The van der Waals surface area contributed by atoms with E-state index in [1.165, 1.54) is 38.8 Å². The Hall–Kier alpha value is -1.35. The number of ether oxygens (including phenoxy) is 1. The van der Waals surface area contributed by atoms with Crippen molar-refractivity contribution in [3.63, 3.8) is 0 Å². The lowest BCUT2D eigenvalue weighted by molar-refractivity contribution is -0.101. The van der Waals surface area contributed by atoms with E-state index >= 15 is 0 Å². The number of piperidine rings is 1. The number of fused-ring (bicyclic) bond motifs is 1. The summed E-state index contributed by atoms with van der Waals surface area (Å²) in [4.78, 5) is 15.1. The van der Waals surface area contributed by atoms with E-state index < -0.39 is 0 Å². The van der Waals surface area contributed by atoms with Crippen LogP contribution in [0.2, 0.25) is 0 Å². The molecule has 2 aliphatic rings. The van der Waals surface area contributed by atoms with Crippen LogP contribution in [-0.2, 0) is 4.74 Å². The number of hydrogen-bond acceptors (Lipinski definition) is 3. The molecule has 3 nitrogen and oxygen atoms in total. The smallest absolute Gasteiger partial charge is 0.338 e. The maximum absolute atomic E-state index is 12.5. The molecule has 0 N–H and O–H groups in total. The molecule has 0 aromatic heterocycles. The van der Waals surface area contributed by atoms with Gasteiger partial charge in [0.15, 0.2) is 0 Å². The molecular formula is C20H29NO2. The number of carbonyl (C=O) groups is 1. The Morgan fingerprint density at radius 2 is 2.04 bits per heavy atom. The van der Waals surface area contributed by atoms with Gasteiger partial charge in [-0.1, -0.05) is 32.0 Å². The molecule has 0 bridgehead atoms. The van der Waals surface area contributed by atoms with E-state index in [0.717, 1.165) is 12.8 Å². The van der Waals surface area contributed by atoms with Crippen molar-refractivity contribution in [1.82, 2.24) is 4.90 Å². The highest BCUT2D eigenvalue weighted by atomic mass is 16.5. The number of esters is 1. The second kappa shape index (κ2) is 7.04. The van der Waals surface area contributed by atoms with E-state index in [9.17, 15) is 4.79 Å². The molecule has 126 valence electrons. The SMILES string of the molecule is CCCN1CCC[C@]2(C)[C@@H](OC(=O)c3ccccc3)CCC[C@@H]12. The number of hydrogen-bond donors (Lipinski definition) is 0. The van der Waals surface area contributed by atoms with Crippen LogP contribution in [0.3, 0.4) is 0 Å². The summed E-state index contributed by atoms with van der Waals surface area (Å²) in [5.74, 6) is -0.162. The Morgan fingerprint density at radius 1 is 1.26 bits per heavy atom. The monoisotopic (exact) mass is 315 g/mol. The summed E-state index contributed by atoms with van der Waals surface area (Å²) in [5.41, 5.74) is 0.773. The van der Waals surface area contributed by atoms with Crippen molar-refractivity contribution in [3.8, 4) is 0 Å². The lowest BCUT2D eigenvalue weighted by atomic mass is 9.64. The summed E-state index contributed by atoms with van der Waals surface area (Å²) in [6.45, 7) is 6.97. The lowest BCUT2D eigenvalue weighted by Gasteiger charge is -2.54. The summed E-state index contributed by atoms with van der Waals surface area (Å²) in [6.07, 6.45) is 7.04. The molecule has 0 spiro atoms. The Bertz CT molecular complexity index is 528. The maximum atomic E-state index is 12.5. The van der Waals surface area contributed by atoms with Crippen LogP contribution >= 0.6 is 0 Å². The van der Waals surface area contributed by atoms with Gasteiger partial charge < -0.3 is 4.74 Å². The molecule has 0 radical (unpaired) electrons. The Kier molecular flexibility index (Phi) is 5.05. The van der Waals surface area contributed by atoms with Crippen molar-refractivity contribution >= 4 is 5.97 Å². The largest absolute Gasteiger partial charge is 0.458 e. The molecule has 1 aromatic carbocycles. The first-order valence-electron chi connectivity index (χ1n) is 9.15. The molecule has 3 rings (SSSR count). The third-order valence-electron chi connectivity index (χ3n) is 5.81. The lowest BCUT2D eigenvalue weighted by Crippen LogP contribution is -2.58. The summed E-state index contributed by atoms with van der Waals surface area (Å²) in [6, 6.07) is 9.97. The molecule has 1 aromatic rings. The third-order valence-corrected chi connectivity index (χ3v) is 5.81. The van der Waals surface area contributed by atoms with Gasteiger partial charge in [-0.05, 0) is 63.7 Å². The minimum Gasteiger partial charge on any atom is -0.458 e. The third kappa shape index (κ3) is 3.30. The number of benzene rings is 1. The highest BCUT2D eigenvalue weighted by Gasteiger charge is 2.49. The first kappa shape index (κ1) is 16.5. The normalized spacial score (nSPS) is 31.4. The van der Waals surface area contributed by atoms with Gasteiger partial charge in [-0.3, -0.25) is 4.90 Å². The van der Waals surface area contributed by atoms with Gasteiger partial charge in [0.1, 0.15) is 6.10 Å². The van der Waals surface area contributed by atoms with Crippen LogP contribution < -0.4 is 0 Å². The van der Waals surface area contributed by atoms with E-state index in [0.29, 0.717) is 11.6 Å². The van der Waals surface area contributed by atoms with Crippen LogP contribution in [0.25, 0.3) is 0 Å². The Balaban J connectivity index is 1.75. The number of likely N-dealkylation sites (tertiary alicyclic amines) is 1.